The maximum absolute atomic E-state index is 13.5. The van der Waals surface area contributed by atoms with Gasteiger partial charge in [0.15, 0.2) is 0 Å². The van der Waals surface area contributed by atoms with Crippen molar-refractivity contribution in [3.63, 3.8) is 0 Å². The van der Waals surface area contributed by atoms with Gasteiger partial charge in [-0.1, -0.05) is 30.1 Å². The summed E-state index contributed by atoms with van der Waals surface area (Å²) in [6.07, 6.45) is -3.24. The molecule has 104 valence electrons. The molecule has 1 N–H and O–H groups in total. The monoisotopic (exact) mass is 323 g/mol. The van der Waals surface area contributed by atoms with E-state index in [1.807, 2.05) is 0 Å². The first-order chi connectivity index (χ1) is 8.30. The van der Waals surface area contributed by atoms with Crippen molar-refractivity contribution in [1.29, 1.82) is 0 Å². The van der Waals surface area contributed by atoms with Crippen molar-refractivity contribution in [2.24, 2.45) is 0 Å². The van der Waals surface area contributed by atoms with Crippen molar-refractivity contribution in [1.82, 2.24) is 5.32 Å². The van der Waals surface area contributed by atoms with E-state index in [0.29, 0.717) is 6.42 Å². The maximum atomic E-state index is 13.5. The Hall–Kier alpha value is -0.0400. The van der Waals surface area contributed by atoms with Gasteiger partial charge in [0.25, 0.3) is 0 Å². The van der Waals surface area contributed by atoms with E-state index in [-0.39, 0.29) is 20.8 Å². The number of halogens is 6. The number of hydrogen-bond acceptors (Lipinski definition) is 2. The van der Waals surface area contributed by atoms with Crippen LogP contribution < -0.4 is 5.32 Å². The number of nitrogens with one attached hydrogen (secondary N) is 1. The van der Waals surface area contributed by atoms with E-state index >= 15 is 0 Å². The van der Waals surface area contributed by atoms with Crippen molar-refractivity contribution in [2.75, 3.05) is 6.54 Å². The summed E-state index contributed by atoms with van der Waals surface area (Å²) in [5, 5.41) is 2.40. The van der Waals surface area contributed by atoms with Crippen LogP contribution in [0, 0.1) is 0 Å². The summed E-state index contributed by atoms with van der Waals surface area (Å²) >= 11 is 12.3. The van der Waals surface area contributed by atoms with Crippen molar-refractivity contribution in [3.8, 4) is 0 Å². The van der Waals surface area contributed by atoms with Gasteiger partial charge in [-0.3, -0.25) is 0 Å². The zero-order valence-electron chi connectivity index (χ0n) is 9.32. The molecule has 8 heteroatoms. The Morgan fingerprint density at radius 1 is 1.39 bits per heavy atom. The van der Waals surface area contributed by atoms with Crippen LogP contribution in [-0.4, -0.2) is 18.9 Å². The highest BCUT2D eigenvalue weighted by Crippen LogP contribution is 2.43. The molecule has 1 nitrogen and oxygen atoms in total. The van der Waals surface area contributed by atoms with Crippen LogP contribution in [0.5, 0.6) is 0 Å². The maximum Gasteiger partial charge on any atom is 0.326 e. The molecular weight excluding hydrogens is 313 g/mol. The molecule has 0 fully saturated rings. The predicted molar refractivity (Wildman–Crippen MR) is 66.3 cm³/mol. The van der Waals surface area contributed by atoms with E-state index in [4.69, 9.17) is 23.2 Å². The molecular formula is C10H11Cl2F4NS. The second-order valence-corrected chi connectivity index (χ2v) is 5.93. The number of thiophene rings is 1. The molecule has 1 unspecified atom stereocenters. The van der Waals surface area contributed by atoms with Crippen LogP contribution in [0.1, 0.15) is 24.9 Å². The standard InChI is InChI=1S/C10H11Cl2F4NS/c1-2-3-17-7(10(15,16)9(13)14)5-4-6(11)18-8(5)12/h4,7,9,17H,2-3H2,1H3. The largest absolute Gasteiger partial charge is 0.326 e. The fraction of sp³-hybridized carbons (Fsp3) is 0.600. The highest BCUT2D eigenvalue weighted by atomic mass is 35.5. The van der Waals surface area contributed by atoms with Gasteiger partial charge in [-0.05, 0) is 19.0 Å². The lowest BCUT2D eigenvalue weighted by Gasteiger charge is -2.27. The topological polar surface area (TPSA) is 12.0 Å². The first-order valence-electron chi connectivity index (χ1n) is 5.14. The minimum Gasteiger partial charge on any atom is -0.305 e. The van der Waals surface area contributed by atoms with E-state index in [0.717, 1.165) is 11.3 Å². The molecule has 18 heavy (non-hydrogen) atoms. The summed E-state index contributed by atoms with van der Waals surface area (Å²) in [5.41, 5.74) is -0.0922. The fourth-order valence-corrected chi connectivity index (χ4v) is 2.95. The molecule has 0 radical (unpaired) electrons. The quantitative estimate of drug-likeness (QED) is 0.727. The Labute approximate surface area is 116 Å². The molecule has 0 aliphatic carbocycles. The SMILES string of the molecule is CCCNC(c1cc(Cl)sc1Cl)C(F)(F)C(F)F. The first-order valence-corrected chi connectivity index (χ1v) is 6.72. The van der Waals surface area contributed by atoms with Gasteiger partial charge in [-0.15, -0.1) is 11.3 Å². The molecule has 0 saturated carbocycles. The molecule has 0 aliphatic rings. The first kappa shape index (κ1) is 16.0. The Morgan fingerprint density at radius 2 is 2.00 bits per heavy atom. The lowest BCUT2D eigenvalue weighted by molar-refractivity contribution is -0.151. The fourth-order valence-electron chi connectivity index (χ4n) is 1.42. The van der Waals surface area contributed by atoms with E-state index in [1.54, 1.807) is 6.92 Å². The van der Waals surface area contributed by atoms with Gasteiger partial charge < -0.3 is 5.32 Å². The highest BCUT2D eigenvalue weighted by molar-refractivity contribution is 7.20. The van der Waals surface area contributed by atoms with Crippen LogP contribution in [0.4, 0.5) is 17.6 Å². The number of alkyl halides is 4. The Kier molecular flexibility index (Phi) is 5.70. The van der Waals surface area contributed by atoms with Gasteiger partial charge in [0.05, 0.1) is 8.67 Å². The number of hydrogen-bond donors (Lipinski definition) is 1. The molecule has 1 heterocycles. The van der Waals surface area contributed by atoms with Crippen molar-refractivity contribution >= 4 is 34.5 Å². The van der Waals surface area contributed by atoms with E-state index in [9.17, 15) is 17.6 Å². The van der Waals surface area contributed by atoms with Gasteiger partial charge in [0.1, 0.15) is 6.04 Å². The molecule has 0 amide bonds. The molecule has 0 aliphatic heterocycles. The van der Waals surface area contributed by atoms with Crippen molar-refractivity contribution in [3.05, 3.63) is 20.3 Å². The number of rotatable bonds is 6. The van der Waals surface area contributed by atoms with Gasteiger partial charge in [0.2, 0.25) is 0 Å². The van der Waals surface area contributed by atoms with Crippen molar-refractivity contribution in [2.45, 2.75) is 31.7 Å². The zero-order valence-corrected chi connectivity index (χ0v) is 11.7. The van der Waals surface area contributed by atoms with Gasteiger partial charge >= 0.3 is 12.3 Å². The molecule has 1 atom stereocenters. The third-order valence-electron chi connectivity index (χ3n) is 2.27. The molecule has 1 aromatic heterocycles. The minimum atomic E-state index is -4.21. The molecule has 1 aromatic rings. The summed E-state index contributed by atoms with van der Waals surface area (Å²) in [5.74, 6) is -4.21. The summed E-state index contributed by atoms with van der Waals surface area (Å²) in [4.78, 5) is 0. The average Bonchev–Trinajstić information content (AvgIpc) is 2.58. The molecule has 0 bridgehead atoms. The summed E-state index contributed by atoms with van der Waals surface area (Å²) in [6.45, 7) is 1.92. The minimum absolute atomic E-state index is 0.00562. The lowest BCUT2D eigenvalue weighted by Crippen LogP contribution is -2.42. The van der Waals surface area contributed by atoms with E-state index in [1.165, 1.54) is 6.07 Å². The van der Waals surface area contributed by atoms with Gasteiger partial charge in [-0.25, -0.2) is 8.78 Å². The average molecular weight is 324 g/mol. The van der Waals surface area contributed by atoms with Gasteiger partial charge in [0, 0.05) is 5.56 Å². The third-order valence-corrected chi connectivity index (χ3v) is 3.79. The Morgan fingerprint density at radius 3 is 2.39 bits per heavy atom. The lowest BCUT2D eigenvalue weighted by atomic mass is 10.0. The Balaban J connectivity index is 3.09. The van der Waals surface area contributed by atoms with Crippen LogP contribution in [0.3, 0.4) is 0 Å². The third kappa shape index (κ3) is 3.50. The second-order valence-electron chi connectivity index (χ2n) is 3.64. The van der Waals surface area contributed by atoms with E-state index in [2.05, 4.69) is 5.32 Å². The zero-order chi connectivity index (χ0) is 13.9. The van der Waals surface area contributed by atoms with Gasteiger partial charge in [-0.2, -0.15) is 8.78 Å². The molecule has 0 spiro atoms. The second kappa shape index (κ2) is 6.41. The molecule has 1 rings (SSSR count). The van der Waals surface area contributed by atoms with Crippen LogP contribution in [0.15, 0.2) is 6.07 Å². The summed E-state index contributed by atoms with van der Waals surface area (Å²) < 4.78 is 52.1. The van der Waals surface area contributed by atoms with Crippen molar-refractivity contribution < 1.29 is 17.6 Å². The Bertz CT molecular complexity index is 397. The van der Waals surface area contributed by atoms with Crippen LogP contribution >= 0.6 is 34.5 Å². The molecule has 0 aromatic carbocycles. The van der Waals surface area contributed by atoms with Crippen LogP contribution in [0.2, 0.25) is 8.67 Å². The summed E-state index contributed by atoms with van der Waals surface area (Å²) in [7, 11) is 0. The van der Waals surface area contributed by atoms with Crippen LogP contribution in [0.25, 0.3) is 0 Å². The normalized spacial score (nSPS) is 14.2. The highest BCUT2D eigenvalue weighted by Gasteiger charge is 2.50. The van der Waals surface area contributed by atoms with E-state index < -0.39 is 18.4 Å². The molecule has 0 saturated heterocycles. The summed E-state index contributed by atoms with van der Waals surface area (Å²) in [6, 6.07) is -0.647. The van der Waals surface area contributed by atoms with Crippen LogP contribution in [-0.2, 0) is 0 Å². The predicted octanol–water partition coefficient (Wildman–Crippen LogP) is 5.00. The smallest absolute Gasteiger partial charge is 0.305 e.